The van der Waals surface area contributed by atoms with Gasteiger partial charge in [-0.25, -0.2) is 4.79 Å². The molecule has 1 aliphatic heterocycles. The summed E-state index contributed by atoms with van der Waals surface area (Å²) in [6.07, 6.45) is 1.16. The van der Waals surface area contributed by atoms with Gasteiger partial charge in [-0.3, -0.25) is 0 Å². The van der Waals surface area contributed by atoms with Crippen molar-refractivity contribution in [3.05, 3.63) is 0 Å². The summed E-state index contributed by atoms with van der Waals surface area (Å²) in [7, 11) is 2.90. The first-order chi connectivity index (χ1) is 5.75. The van der Waals surface area contributed by atoms with Crippen molar-refractivity contribution in [3.8, 4) is 0 Å². The molecule has 0 amide bonds. The fourth-order valence-corrected chi connectivity index (χ4v) is 1.38. The minimum Gasteiger partial charge on any atom is -0.467 e. The molecule has 0 aliphatic carbocycles. The van der Waals surface area contributed by atoms with Crippen molar-refractivity contribution in [2.24, 2.45) is 0 Å². The van der Waals surface area contributed by atoms with Gasteiger partial charge in [0, 0.05) is 33.2 Å². The monoisotopic (exact) mass is 174 g/mol. The highest BCUT2D eigenvalue weighted by molar-refractivity contribution is 5.79. The third kappa shape index (κ3) is 1.59. The zero-order valence-corrected chi connectivity index (χ0v) is 7.46. The molecule has 0 N–H and O–H groups in total. The zero-order chi connectivity index (χ0) is 9.03. The second-order valence-corrected chi connectivity index (χ2v) is 2.80. The highest BCUT2D eigenvalue weighted by atomic mass is 16.6. The second-order valence-electron chi connectivity index (χ2n) is 2.80. The molecule has 12 heavy (non-hydrogen) atoms. The van der Waals surface area contributed by atoms with Crippen LogP contribution in [0.3, 0.4) is 0 Å². The molecule has 0 unspecified atom stereocenters. The minimum atomic E-state index is -0.757. The molecule has 0 aromatic rings. The summed E-state index contributed by atoms with van der Waals surface area (Å²) >= 11 is 0. The Balaban J connectivity index is 2.66. The molecule has 1 rings (SSSR count). The van der Waals surface area contributed by atoms with Crippen LogP contribution in [0.25, 0.3) is 0 Å². The normalized spacial score (nSPS) is 21.8. The average molecular weight is 174 g/mol. The highest BCUT2D eigenvalue weighted by Crippen LogP contribution is 2.25. The van der Waals surface area contributed by atoms with E-state index in [0.717, 1.165) is 0 Å². The van der Waals surface area contributed by atoms with Crippen LogP contribution in [0.15, 0.2) is 0 Å². The maximum absolute atomic E-state index is 11.3. The third-order valence-electron chi connectivity index (χ3n) is 2.25. The largest absolute Gasteiger partial charge is 0.467 e. The van der Waals surface area contributed by atoms with Crippen molar-refractivity contribution in [2.45, 2.75) is 18.4 Å². The highest BCUT2D eigenvalue weighted by Gasteiger charge is 2.41. The van der Waals surface area contributed by atoms with Crippen LogP contribution in [0, 0.1) is 0 Å². The summed E-state index contributed by atoms with van der Waals surface area (Å²) in [6, 6.07) is 0. The van der Waals surface area contributed by atoms with E-state index < -0.39 is 5.60 Å². The number of hydrogen-bond donors (Lipinski definition) is 0. The summed E-state index contributed by atoms with van der Waals surface area (Å²) in [4.78, 5) is 11.3. The van der Waals surface area contributed by atoms with Crippen molar-refractivity contribution < 1.29 is 19.0 Å². The van der Waals surface area contributed by atoms with E-state index in [4.69, 9.17) is 9.47 Å². The second kappa shape index (κ2) is 3.87. The van der Waals surface area contributed by atoms with Crippen LogP contribution in [-0.4, -0.2) is 39.0 Å². The first kappa shape index (κ1) is 9.48. The molecule has 0 spiro atoms. The molecule has 0 saturated carbocycles. The lowest BCUT2D eigenvalue weighted by atomic mass is 9.94. The maximum atomic E-state index is 11.3. The summed E-state index contributed by atoms with van der Waals surface area (Å²) in [5.74, 6) is -0.298. The molecule has 0 aromatic heterocycles. The fraction of sp³-hybridized carbons (Fsp3) is 0.875. The molecule has 1 saturated heterocycles. The Hall–Kier alpha value is -0.610. The van der Waals surface area contributed by atoms with Crippen LogP contribution >= 0.6 is 0 Å². The molecule has 0 aromatic carbocycles. The number of carbonyl (C=O) groups is 1. The van der Waals surface area contributed by atoms with Crippen molar-refractivity contribution in [2.75, 3.05) is 27.4 Å². The first-order valence-corrected chi connectivity index (χ1v) is 3.96. The quantitative estimate of drug-likeness (QED) is 0.567. The van der Waals surface area contributed by atoms with Crippen molar-refractivity contribution in [1.82, 2.24) is 0 Å². The Morgan fingerprint density at radius 3 is 2.33 bits per heavy atom. The number of carbonyl (C=O) groups excluding carboxylic acids is 1. The predicted octanol–water partition coefficient (Wildman–Crippen LogP) is 0.355. The van der Waals surface area contributed by atoms with Gasteiger partial charge in [0.05, 0.1) is 7.11 Å². The molecule has 0 bridgehead atoms. The molecule has 1 fully saturated rings. The Bertz CT molecular complexity index is 160. The van der Waals surface area contributed by atoms with Crippen LogP contribution in [-0.2, 0) is 19.0 Å². The van der Waals surface area contributed by atoms with E-state index in [0.29, 0.717) is 26.1 Å². The van der Waals surface area contributed by atoms with E-state index in [1.807, 2.05) is 0 Å². The average Bonchev–Trinajstić information content (AvgIpc) is 2.17. The summed E-state index contributed by atoms with van der Waals surface area (Å²) in [6.45, 7) is 1.12. The summed E-state index contributed by atoms with van der Waals surface area (Å²) < 4.78 is 15.0. The van der Waals surface area contributed by atoms with E-state index in [2.05, 4.69) is 4.74 Å². The van der Waals surface area contributed by atoms with Gasteiger partial charge in [-0.1, -0.05) is 0 Å². The van der Waals surface area contributed by atoms with E-state index in [1.165, 1.54) is 14.2 Å². The summed E-state index contributed by atoms with van der Waals surface area (Å²) in [5.41, 5.74) is -0.757. The van der Waals surface area contributed by atoms with Gasteiger partial charge < -0.3 is 14.2 Å². The predicted molar refractivity (Wildman–Crippen MR) is 41.8 cm³/mol. The van der Waals surface area contributed by atoms with Gasteiger partial charge in [-0.05, 0) is 0 Å². The van der Waals surface area contributed by atoms with Gasteiger partial charge in [0.1, 0.15) is 0 Å². The van der Waals surface area contributed by atoms with E-state index in [9.17, 15) is 4.79 Å². The Labute approximate surface area is 71.8 Å². The van der Waals surface area contributed by atoms with Crippen molar-refractivity contribution in [1.29, 1.82) is 0 Å². The van der Waals surface area contributed by atoms with E-state index in [-0.39, 0.29) is 5.97 Å². The molecule has 1 heterocycles. The Kier molecular flexibility index (Phi) is 3.05. The Morgan fingerprint density at radius 2 is 1.92 bits per heavy atom. The van der Waals surface area contributed by atoms with E-state index >= 15 is 0 Å². The van der Waals surface area contributed by atoms with E-state index in [1.54, 1.807) is 0 Å². The summed E-state index contributed by atoms with van der Waals surface area (Å²) in [5, 5.41) is 0. The third-order valence-corrected chi connectivity index (χ3v) is 2.25. The molecule has 0 radical (unpaired) electrons. The van der Waals surface area contributed by atoms with Crippen LogP contribution in [0.4, 0.5) is 0 Å². The standard InChI is InChI=1S/C8H14O4/c1-10-7(9)8(11-2)3-5-12-6-4-8/h3-6H2,1-2H3. The van der Waals surface area contributed by atoms with Crippen LogP contribution in [0.2, 0.25) is 0 Å². The minimum absolute atomic E-state index is 0.298. The smallest absolute Gasteiger partial charge is 0.338 e. The number of ether oxygens (including phenoxy) is 3. The fourth-order valence-electron chi connectivity index (χ4n) is 1.38. The van der Waals surface area contributed by atoms with Crippen LogP contribution in [0.1, 0.15) is 12.8 Å². The zero-order valence-electron chi connectivity index (χ0n) is 7.46. The van der Waals surface area contributed by atoms with Gasteiger partial charge in [0.25, 0.3) is 0 Å². The lowest BCUT2D eigenvalue weighted by Gasteiger charge is -2.32. The molecule has 4 nitrogen and oxygen atoms in total. The van der Waals surface area contributed by atoms with Crippen molar-refractivity contribution >= 4 is 5.97 Å². The molecular formula is C8H14O4. The lowest BCUT2D eigenvalue weighted by Crippen LogP contribution is -2.46. The number of esters is 1. The lowest BCUT2D eigenvalue weighted by molar-refractivity contribution is -0.176. The number of methoxy groups -OCH3 is 2. The van der Waals surface area contributed by atoms with Gasteiger partial charge in [-0.15, -0.1) is 0 Å². The molecule has 70 valence electrons. The van der Waals surface area contributed by atoms with Crippen LogP contribution < -0.4 is 0 Å². The molecular weight excluding hydrogens is 160 g/mol. The number of rotatable bonds is 2. The SMILES string of the molecule is COC(=O)C1(OC)CCOCC1. The maximum Gasteiger partial charge on any atom is 0.338 e. The Morgan fingerprint density at radius 1 is 1.33 bits per heavy atom. The van der Waals surface area contributed by atoms with Gasteiger partial charge in [0.2, 0.25) is 0 Å². The number of hydrogen-bond acceptors (Lipinski definition) is 4. The van der Waals surface area contributed by atoms with Gasteiger partial charge >= 0.3 is 5.97 Å². The molecule has 4 heteroatoms. The topological polar surface area (TPSA) is 44.8 Å². The van der Waals surface area contributed by atoms with Gasteiger partial charge in [0.15, 0.2) is 5.60 Å². The molecule has 0 atom stereocenters. The van der Waals surface area contributed by atoms with Crippen LogP contribution in [0.5, 0.6) is 0 Å². The van der Waals surface area contributed by atoms with Gasteiger partial charge in [-0.2, -0.15) is 0 Å². The first-order valence-electron chi connectivity index (χ1n) is 3.96. The molecule has 1 aliphatic rings. The van der Waals surface area contributed by atoms with Crippen molar-refractivity contribution in [3.63, 3.8) is 0 Å².